The number of nitrogens with zero attached hydrogens (tertiary/aromatic N) is 1. The van der Waals surface area contributed by atoms with Crippen LogP contribution in [0, 0.1) is 0 Å². The average Bonchev–Trinajstić information content (AvgIpc) is 2.42. The van der Waals surface area contributed by atoms with E-state index in [0.29, 0.717) is 12.3 Å². The van der Waals surface area contributed by atoms with Crippen LogP contribution in [0.3, 0.4) is 0 Å². The van der Waals surface area contributed by atoms with Crippen LogP contribution in [0.5, 0.6) is 5.75 Å². The topological polar surface area (TPSA) is 44.6 Å². The van der Waals surface area contributed by atoms with Gasteiger partial charge >= 0.3 is 0 Å². The van der Waals surface area contributed by atoms with E-state index in [1.807, 2.05) is 45.0 Å². The molecule has 0 radical (unpaired) electrons. The Morgan fingerprint density at radius 1 is 1.40 bits per heavy atom. The largest absolute Gasteiger partial charge is 0.591 e. The minimum atomic E-state index is -1.28. The van der Waals surface area contributed by atoms with Crippen LogP contribution in [-0.4, -0.2) is 28.0 Å². The maximum atomic E-state index is 12.2. The lowest BCUT2D eigenvalue weighted by molar-refractivity contribution is 0.414. The highest BCUT2D eigenvalue weighted by atomic mass is 35.5. The number of benzene rings is 1. The van der Waals surface area contributed by atoms with Crippen LogP contribution < -0.4 is 4.74 Å². The number of rotatable bonds is 6. The number of halogens is 1. The van der Waals surface area contributed by atoms with E-state index in [-0.39, 0.29) is 4.75 Å². The Kier molecular flexibility index (Phi) is 6.86. The lowest BCUT2D eigenvalue weighted by Crippen LogP contribution is -2.27. The van der Waals surface area contributed by atoms with Gasteiger partial charge in [0.1, 0.15) is 21.9 Å². The minimum Gasteiger partial charge on any atom is -0.591 e. The molecule has 0 spiro atoms. The van der Waals surface area contributed by atoms with Gasteiger partial charge in [0.25, 0.3) is 0 Å². The molecule has 0 N–H and O–H groups in total. The summed E-state index contributed by atoms with van der Waals surface area (Å²) in [6.45, 7) is 5.74. The maximum absolute atomic E-state index is 12.2. The summed E-state index contributed by atoms with van der Waals surface area (Å²) >= 11 is 4.49. The molecule has 0 heterocycles. The molecule has 0 saturated heterocycles. The summed E-state index contributed by atoms with van der Waals surface area (Å²) in [5.74, 6) is 1.33. The van der Waals surface area contributed by atoms with Crippen molar-refractivity contribution in [3.63, 3.8) is 0 Å². The summed E-state index contributed by atoms with van der Waals surface area (Å²) in [6.07, 6.45) is 1.51. The van der Waals surface area contributed by atoms with Gasteiger partial charge in [-0.2, -0.15) is 0 Å². The molecule has 0 amide bonds. The van der Waals surface area contributed by atoms with Crippen molar-refractivity contribution in [2.24, 2.45) is 4.40 Å². The molecule has 1 unspecified atom stereocenters. The Bertz CT molecular complexity index is 457. The number of ether oxygens (including phenoxy) is 1. The summed E-state index contributed by atoms with van der Waals surface area (Å²) in [5.41, 5.74) is 1.75. The van der Waals surface area contributed by atoms with Gasteiger partial charge in [0.05, 0.1) is 12.8 Å². The minimum absolute atomic E-state index is 0.370. The van der Waals surface area contributed by atoms with E-state index in [0.717, 1.165) is 23.4 Å². The quantitative estimate of drug-likeness (QED) is 0.453. The van der Waals surface area contributed by atoms with Crippen LogP contribution in [0.4, 0.5) is 0 Å². The van der Waals surface area contributed by atoms with Crippen molar-refractivity contribution in [3.8, 4) is 5.75 Å². The Labute approximate surface area is 129 Å². The molecular formula is C15H22ClNO2S. The zero-order valence-electron chi connectivity index (χ0n) is 12.5. The van der Waals surface area contributed by atoms with E-state index in [2.05, 4.69) is 4.40 Å². The molecule has 0 bridgehead atoms. The predicted octanol–water partition coefficient (Wildman–Crippen LogP) is 3.97. The molecular weight excluding hydrogens is 294 g/mol. The summed E-state index contributed by atoms with van der Waals surface area (Å²) in [5, 5.41) is 0. The van der Waals surface area contributed by atoms with E-state index >= 15 is 0 Å². The second kappa shape index (κ2) is 7.91. The van der Waals surface area contributed by atoms with Crippen molar-refractivity contribution in [3.05, 3.63) is 29.8 Å². The molecule has 20 heavy (non-hydrogen) atoms. The molecule has 0 saturated carbocycles. The van der Waals surface area contributed by atoms with Gasteiger partial charge in [-0.15, -0.1) is 11.6 Å². The van der Waals surface area contributed by atoms with Gasteiger partial charge in [-0.1, -0.05) is 16.5 Å². The Hall–Kier alpha value is -0.710. The molecule has 1 atom stereocenters. The van der Waals surface area contributed by atoms with Crippen molar-refractivity contribution >= 4 is 28.7 Å². The monoisotopic (exact) mass is 315 g/mol. The third-order valence-electron chi connectivity index (χ3n) is 2.67. The van der Waals surface area contributed by atoms with Gasteiger partial charge in [0, 0.05) is 11.4 Å². The van der Waals surface area contributed by atoms with E-state index in [4.69, 9.17) is 16.3 Å². The Balaban J connectivity index is 3.07. The smallest absolute Gasteiger partial charge is 0.144 e. The zero-order chi connectivity index (χ0) is 15.2. The first-order valence-corrected chi connectivity index (χ1v) is 8.22. The predicted molar refractivity (Wildman–Crippen MR) is 87.4 cm³/mol. The second-order valence-corrected chi connectivity index (χ2v) is 7.71. The van der Waals surface area contributed by atoms with E-state index in [1.54, 1.807) is 7.11 Å². The van der Waals surface area contributed by atoms with Crippen molar-refractivity contribution in [1.82, 2.24) is 0 Å². The van der Waals surface area contributed by atoms with Crippen LogP contribution >= 0.6 is 11.6 Å². The lowest BCUT2D eigenvalue weighted by Gasteiger charge is -2.19. The van der Waals surface area contributed by atoms with E-state index in [1.165, 1.54) is 0 Å². The summed E-state index contributed by atoms with van der Waals surface area (Å²) in [4.78, 5) is 0. The molecule has 3 nitrogen and oxygen atoms in total. The van der Waals surface area contributed by atoms with Gasteiger partial charge < -0.3 is 9.29 Å². The summed E-state index contributed by atoms with van der Waals surface area (Å²) in [6, 6.07) is 7.65. The number of hydrogen-bond donors (Lipinski definition) is 0. The molecule has 0 aromatic heterocycles. The summed E-state index contributed by atoms with van der Waals surface area (Å²) < 4.78 is 21.5. The fourth-order valence-electron chi connectivity index (χ4n) is 1.52. The zero-order valence-corrected chi connectivity index (χ0v) is 14.1. The molecule has 5 heteroatoms. The highest BCUT2D eigenvalue weighted by Gasteiger charge is 2.27. The van der Waals surface area contributed by atoms with Gasteiger partial charge in [-0.05, 0) is 45.7 Å². The van der Waals surface area contributed by atoms with Crippen LogP contribution in [-0.2, 0) is 11.4 Å². The molecule has 0 aliphatic carbocycles. The van der Waals surface area contributed by atoms with Crippen molar-refractivity contribution in [2.75, 3.05) is 13.0 Å². The SMILES string of the molecule is COc1cccc(/C(CCCCl)=N/[S+]([O-])C(C)(C)C)c1. The standard InChI is InChI=1S/C15H22ClNO2S/c1-15(2,3)20(18)17-14(9-6-10-16)12-7-5-8-13(11-12)19-4/h5,7-8,11H,6,9-10H2,1-4H3/b17-14+. The Morgan fingerprint density at radius 2 is 2.10 bits per heavy atom. The number of alkyl halides is 1. The first-order chi connectivity index (χ1) is 9.38. The fraction of sp³-hybridized carbons (Fsp3) is 0.533. The lowest BCUT2D eigenvalue weighted by atomic mass is 10.1. The molecule has 0 fully saturated rings. The molecule has 1 rings (SSSR count). The Morgan fingerprint density at radius 3 is 2.65 bits per heavy atom. The van der Waals surface area contributed by atoms with Gasteiger partial charge in [-0.3, -0.25) is 0 Å². The molecule has 1 aromatic carbocycles. The van der Waals surface area contributed by atoms with Crippen LogP contribution in [0.2, 0.25) is 0 Å². The third kappa shape index (κ3) is 5.35. The molecule has 0 aliphatic heterocycles. The van der Waals surface area contributed by atoms with Gasteiger partial charge in [0.2, 0.25) is 0 Å². The van der Waals surface area contributed by atoms with Crippen LogP contribution in [0.1, 0.15) is 39.2 Å². The average molecular weight is 316 g/mol. The summed E-state index contributed by atoms with van der Waals surface area (Å²) in [7, 11) is 1.63. The maximum Gasteiger partial charge on any atom is 0.144 e. The van der Waals surface area contributed by atoms with Gasteiger partial charge in [-0.25, -0.2) is 0 Å². The fourth-order valence-corrected chi connectivity index (χ4v) is 2.32. The number of hydrogen-bond acceptors (Lipinski definition) is 3. The van der Waals surface area contributed by atoms with E-state index < -0.39 is 11.4 Å². The van der Waals surface area contributed by atoms with E-state index in [9.17, 15) is 4.55 Å². The first kappa shape index (κ1) is 17.3. The normalized spacial score (nSPS) is 14.2. The van der Waals surface area contributed by atoms with Crippen molar-refractivity contribution < 1.29 is 9.29 Å². The second-order valence-electron chi connectivity index (χ2n) is 5.42. The van der Waals surface area contributed by atoms with Crippen molar-refractivity contribution in [2.45, 2.75) is 38.4 Å². The highest BCUT2D eigenvalue weighted by molar-refractivity contribution is 7.91. The molecule has 1 aromatic rings. The first-order valence-electron chi connectivity index (χ1n) is 6.58. The third-order valence-corrected chi connectivity index (χ3v) is 4.37. The number of methoxy groups -OCH3 is 1. The van der Waals surface area contributed by atoms with Gasteiger partial charge in [0.15, 0.2) is 0 Å². The highest BCUT2D eigenvalue weighted by Crippen LogP contribution is 2.21. The van der Waals surface area contributed by atoms with Crippen LogP contribution in [0.25, 0.3) is 0 Å². The van der Waals surface area contributed by atoms with Crippen LogP contribution in [0.15, 0.2) is 28.7 Å². The molecule has 0 aliphatic rings. The van der Waals surface area contributed by atoms with Crippen molar-refractivity contribution in [1.29, 1.82) is 0 Å². The molecule has 112 valence electrons.